The average molecular weight is 411 g/mol. The van der Waals surface area contributed by atoms with Gasteiger partial charge in [0.25, 0.3) is 0 Å². The maximum absolute atomic E-state index is 9.46. The van der Waals surface area contributed by atoms with E-state index >= 15 is 0 Å². The molecule has 1 aliphatic heterocycles. The molecule has 2 N–H and O–H groups in total. The first-order valence-electron chi connectivity index (χ1n) is 9.52. The molecule has 0 amide bonds. The Balaban J connectivity index is 1.93. The number of methoxy groups -OCH3 is 1. The van der Waals surface area contributed by atoms with E-state index in [1.807, 2.05) is 54.4 Å². The van der Waals surface area contributed by atoms with Crippen molar-refractivity contribution in [2.24, 2.45) is 0 Å². The van der Waals surface area contributed by atoms with Crippen LogP contribution >= 0.6 is 11.6 Å². The van der Waals surface area contributed by atoms with Gasteiger partial charge in [-0.2, -0.15) is 0 Å². The first-order valence-corrected chi connectivity index (χ1v) is 9.89. The summed E-state index contributed by atoms with van der Waals surface area (Å²) in [5.41, 5.74) is 4.82. The predicted octanol–water partition coefficient (Wildman–Crippen LogP) is 3.87. The van der Waals surface area contributed by atoms with E-state index < -0.39 is 0 Å². The van der Waals surface area contributed by atoms with Gasteiger partial charge in [0, 0.05) is 47.5 Å². The van der Waals surface area contributed by atoms with Crippen molar-refractivity contribution >= 4 is 23.1 Å². The number of likely N-dealkylation sites (N-methyl/N-ethyl adjacent to an activating group) is 1. The van der Waals surface area contributed by atoms with Crippen molar-refractivity contribution in [1.82, 2.24) is 9.97 Å². The Morgan fingerprint density at radius 2 is 1.97 bits per heavy atom. The Morgan fingerprint density at radius 3 is 2.69 bits per heavy atom. The zero-order valence-corrected chi connectivity index (χ0v) is 17.2. The first-order chi connectivity index (χ1) is 14.1. The maximum atomic E-state index is 9.46. The van der Waals surface area contributed by atoms with E-state index in [-0.39, 0.29) is 6.61 Å². The van der Waals surface area contributed by atoms with Crippen LogP contribution in [-0.4, -0.2) is 48.9 Å². The highest BCUT2D eigenvalue weighted by molar-refractivity contribution is 6.31. The molecule has 2 aromatic carbocycles. The molecule has 1 aliphatic rings. The van der Waals surface area contributed by atoms with E-state index in [1.165, 1.54) is 0 Å². The molecule has 4 rings (SSSR count). The molecular formula is C22H23ClN4O2. The molecular weight excluding hydrogens is 388 g/mol. The zero-order valence-electron chi connectivity index (χ0n) is 16.4. The molecule has 3 aromatic rings. The monoisotopic (exact) mass is 410 g/mol. The quantitative estimate of drug-likeness (QED) is 0.665. The number of halogens is 1. The van der Waals surface area contributed by atoms with Crippen LogP contribution in [0.4, 0.5) is 11.5 Å². The lowest BCUT2D eigenvalue weighted by Crippen LogP contribution is -2.24. The molecule has 0 fully saturated rings. The van der Waals surface area contributed by atoms with Gasteiger partial charge in [-0.1, -0.05) is 11.6 Å². The number of anilines is 2. The van der Waals surface area contributed by atoms with E-state index in [0.717, 1.165) is 52.6 Å². The Hall–Kier alpha value is -2.83. The van der Waals surface area contributed by atoms with Crippen molar-refractivity contribution in [3.8, 4) is 28.4 Å². The SMILES string of the molecule is COc1ccc(-c2nc3c(c(N(C)CCO)n2)CCNc2cc(Cl)ccc2-3)cc1. The lowest BCUT2D eigenvalue weighted by molar-refractivity contribution is 0.303. The van der Waals surface area contributed by atoms with Gasteiger partial charge in [0.15, 0.2) is 5.82 Å². The largest absolute Gasteiger partial charge is 0.497 e. The molecule has 7 heteroatoms. The Bertz CT molecular complexity index is 1020. The molecule has 0 aliphatic carbocycles. The van der Waals surface area contributed by atoms with Crippen molar-refractivity contribution < 1.29 is 9.84 Å². The van der Waals surface area contributed by atoms with Crippen LogP contribution in [0.15, 0.2) is 42.5 Å². The summed E-state index contributed by atoms with van der Waals surface area (Å²) in [4.78, 5) is 11.8. The van der Waals surface area contributed by atoms with Crippen molar-refractivity contribution in [2.75, 3.05) is 44.1 Å². The van der Waals surface area contributed by atoms with E-state index in [0.29, 0.717) is 17.4 Å². The third-order valence-corrected chi connectivity index (χ3v) is 5.29. The van der Waals surface area contributed by atoms with Gasteiger partial charge < -0.3 is 20.1 Å². The molecule has 0 atom stereocenters. The summed E-state index contributed by atoms with van der Waals surface area (Å²) in [6, 6.07) is 13.5. The highest BCUT2D eigenvalue weighted by Crippen LogP contribution is 2.38. The lowest BCUT2D eigenvalue weighted by Gasteiger charge is -2.22. The molecule has 0 saturated carbocycles. The second-order valence-electron chi connectivity index (χ2n) is 6.94. The van der Waals surface area contributed by atoms with Gasteiger partial charge in [0.05, 0.1) is 19.4 Å². The average Bonchev–Trinajstić information content (AvgIpc) is 2.92. The number of ether oxygens (including phenoxy) is 1. The van der Waals surface area contributed by atoms with Crippen LogP contribution in [0.5, 0.6) is 5.75 Å². The molecule has 29 heavy (non-hydrogen) atoms. The van der Waals surface area contributed by atoms with Gasteiger partial charge in [-0.25, -0.2) is 9.97 Å². The van der Waals surface area contributed by atoms with Crippen LogP contribution in [-0.2, 0) is 6.42 Å². The molecule has 0 saturated heterocycles. The molecule has 150 valence electrons. The minimum Gasteiger partial charge on any atom is -0.497 e. The Morgan fingerprint density at radius 1 is 1.17 bits per heavy atom. The summed E-state index contributed by atoms with van der Waals surface area (Å²) < 4.78 is 5.27. The van der Waals surface area contributed by atoms with Gasteiger partial charge >= 0.3 is 0 Å². The van der Waals surface area contributed by atoms with Crippen molar-refractivity contribution in [3.05, 3.63) is 53.1 Å². The molecule has 6 nitrogen and oxygen atoms in total. The number of nitrogens with zero attached hydrogens (tertiary/aromatic N) is 3. The van der Waals surface area contributed by atoms with Gasteiger partial charge in [-0.05, 0) is 48.9 Å². The molecule has 0 spiro atoms. The van der Waals surface area contributed by atoms with Gasteiger partial charge in [-0.15, -0.1) is 0 Å². The summed E-state index contributed by atoms with van der Waals surface area (Å²) in [6.07, 6.45) is 0.773. The number of aliphatic hydroxyl groups is 1. The maximum Gasteiger partial charge on any atom is 0.162 e. The summed E-state index contributed by atoms with van der Waals surface area (Å²) in [5, 5.41) is 13.6. The van der Waals surface area contributed by atoms with E-state index in [1.54, 1.807) is 7.11 Å². The lowest BCUT2D eigenvalue weighted by atomic mass is 10.0. The van der Waals surface area contributed by atoms with Crippen LogP contribution < -0.4 is 15.0 Å². The third-order valence-electron chi connectivity index (χ3n) is 5.06. The van der Waals surface area contributed by atoms with Gasteiger partial charge in [0.2, 0.25) is 0 Å². The number of fused-ring (bicyclic) bond motifs is 3. The summed E-state index contributed by atoms with van der Waals surface area (Å²) >= 11 is 6.22. The van der Waals surface area contributed by atoms with Crippen LogP contribution in [0.3, 0.4) is 0 Å². The molecule has 0 radical (unpaired) electrons. The van der Waals surface area contributed by atoms with Crippen LogP contribution in [0.2, 0.25) is 5.02 Å². The minimum absolute atomic E-state index is 0.0532. The predicted molar refractivity (Wildman–Crippen MR) is 117 cm³/mol. The zero-order chi connectivity index (χ0) is 20.4. The number of hydrogen-bond acceptors (Lipinski definition) is 6. The molecule has 2 heterocycles. The van der Waals surface area contributed by atoms with Crippen molar-refractivity contribution in [1.29, 1.82) is 0 Å². The number of hydrogen-bond donors (Lipinski definition) is 2. The fourth-order valence-corrected chi connectivity index (χ4v) is 3.73. The molecule has 0 bridgehead atoms. The van der Waals surface area contributed by atoms with Gasteiger partial charge in [-0.3, -0.25) is 0 Å². The highest BCUT2D eigenvalue weighted by atomic mass is 35.5. The normalized spacial score (nSPS) is 12.4. The van der Waals surface area contributed by atoms with E-state index in [4.69, 9.17) is 26.3 Å². The summed E-state index contributed by atoms with van der Waals surface area (Å²) in [5.74, 6) is 2.25. The van der Waals surface area contributed by atoms with E-state index in [9.17, 15) is 5.11 Å². The number of rotatable bonds is 5. The smallest absolute Gasteiger partial charge is 0.162 e. The molecule has 0 unspecified atom stereocenters. The van der Waals surface area contributed by atoms with Crippen LogP contribution in [0.25, 0.3) is 22.6 Å². The van der Waals surface area contributed by atoms with Crippen molar-refractivity contribution in [2.45, 2.75) is 6.42 Å². The molecule has 1 aromatic heterocycles. The van der Waals surface area contributed by atoms with Crippen LogP contribution in [0, 0.1) is 0 Å². The van der Waals surface area contributed by atoms with Crippen molar-refractivity contribution in [3.63, 3.8) is 0 Å². The Labute approximate surface area is 175 Å². The van der Waals surface area contributed by atoms with E-state index in [2.05, 4.69) is 5.32 Å². The van der Waals surface area contributed by atoms with Crippen LogP contribution in [0.1, 0.15) is 5.56 Å². The second-order valence-corrected chi connectivity index (χ2v) is 7.37. The summed E-state index contributed by atoms with van der Waals surface area (Å²) in [6.45, 7) is 1.30. The standard InChI is InChI=1S/C22H23ClN4O2/c1-27(11-12-28)22-18-9-10-24-19-13-15(23)5-8-17(19)20(18)25-21(26-22)14-3-6-16(29-2)7-4-14/h3-8,13,24,28H,9-12H2,1-2H3. The summed E-state index contributed by atoms with van der Waals surface area (Å²) in [7, 11) is 3.59. The minimum atomic E-state index is 0.0532. The fraction of sp³-hybridized carbons (Fsp3) is 0.273. The fourth-order valence-electron chi connectivity index (χ4n) is 3.56. The number of nitrogens with one attached hydrogen (secondary N) is 1. The topological polar surface area (TPSA) is 70.5 Å². The highest BCUT2D eigenvalue weighted by Gasteiger charge is 2.23. The van der Waals surface area contributed by atoms with Gasteiger partial charge in [0.1, 0.15) is 11.6 Å². The number of aliphatic hydroxyl groups excluding tert-OH is 1. The third kappa shape index (κ3) is 3.86. The second kappa shape index (κ2) is 8.27. The number of aromatic nitrogens is 2. The number of benzene rings is 2. The first kappa shape index (κ1) is 19.5. The Kier molecular flexibility index (Phi) is 5.56.